The maximum Gasteiger partial charge on any atom is 0.322 e. The number of carbonyl (C=O) groups is 1. The minimum atomic E-state index is -0.556. The zero-order chi connectivity index (χ0) is 18.7. The van der Waals surface area contributed by atoms with Gasteiger partial charge in [-0.1, -0.05) is 11.2 Å². The van der Waals surface area contributed by atoms with E-state index in [1.165, 1.54) is 25.1 Å². The molecule has 9 heteroatoms. The number of rotatable bonds is 5. The Bertz CT molecular complexity index is 969. The molecular weight excluding hydrogens is 356 g/mol. The first-order valence-corrected chi connectivity index (χ1v) is 8.75. The van der Waals surface area contributed by atoms with Gasteiger partial charge in [-0.25, -0.2) is 0 Å². The number of aromatic nitrogens is 2. The highest BCUT2D eigenvalue weighted by Crippen LogP contribution is 2.25. The third kappa shape index (κ3) is 3.57. The highest BCUT2D eigenvalue weighted by molar-refractivity contribution is 7.98. The van der Waals surface area contributed by atoms with E-state index in [4.69, 9.17) is 4.42 Å². The number of nitrogens with zero attached hydrogens (tertiary/aromatic N) is 3. The van der Waals surface area contributed by atoms with Gasteiger partial charge in [0.05, 0.1) is 4.92 Å². The van der Waals surface area contributed by atoms with Gasteiger partial charge in [0.2, 0.25) is 5.89 Å². The molecule has 0 saturated heterocycles. The molecule has 132 valence electrons. The summed E-state index contributed by atoms with van der Waals surface area (Å²) < 4.78 is 5.46. The highest BCUT2D eigenvalue weighted by Gasteiger charge is 2.19. The number of nitro groups is 1. The lowest BCUT2D eigenvalue weighted by atomic mass is 10.1. The van der Waals surface area contributed by atoms with Crippen molar-refractivity contribution in [2.75, 3.05) is 11.6 Å². The van der Waals surface area contributed by atoms with E-state index >= 15 is 0 Å². The van der Waals surface area contributed by atoms with Crippen molar-refractivity contribution in [2.45, 2.75) is 11.8 Å². The molecule has 0 unspecified atom stereocenters. The van der Waals surface area contributed by atoms with Crippen molar-refractivity contribution in [1.82, 2.24) is 10.2 Å². The van der Waals surface area contributed by atoms with Crippen LogP contribution >= 0.6 is 11.8 Å². The van der Waals surface area contributed by atoms with E-state index in [0.717, 1.165) is 10.5 Å². The quantitative estimate of drug-likeness (QED) is 0.411. The first-order chi connectivity index (χ1) is 12.5. The molecule has 0 aliphatic heterocycles. The number of hydrogen-bond donors (Lipinski definition) is 1. The Balaban J connectivity index is 1.80. The van der Waals surface area contributed by atoms with E-state index in [1.54, 1.807) is 11.8 Å². The van der Waals surface area contributed by atoms with E-state index < -0.39 is 10.8 Å². The van der Waals surface area contributed by atoms with E-state index in [2.05, 4.69) is 15.5 Å². The van der Waals surface area contributed by atoms with Gasteiger partial charge < -0.3 is 4.42 Å². The van der Waals surface area contributed by atoms with Crippen LogP contribution in [0.2, 0.25) is 0 Å². The van der Waals surface area contributed by atoms with Crippen molar-refractivity contribution in [3.8, 4) is 11.5 Å². The molecule has 1 aromatic heterocycles. The molecule has 0 spiro atoms. The molecule has 26 heavy (non-hydrogen) atoms. The molecule has 0 bridgehead atoms. The molecule has 1 amide bonds. The van der Waals surface area contributed by atoms with Gasteiger partial charge >= 0.3 is 6.01 Å². The fourth-order valence-corrected chi connectivity index (χ4v) is 2.76. The average molecular weight is 370 g/mol. The number of hydrogen-bond acceptors (Lipinski definition) is 7. The van der Waals surface area contributed by atoms with E-state index in [0.29, 0.717) is 0 Å². The second-order valence-corrected chi connectivity index (χ2v) is 6.18. The number of anilines is 1. The molecule has 0 aliphatic rings. The van der Waals surface area contributed by atoms with Crippen LogP contribution in [-0.2, 0) is 0 Å². The number of nitrogens with one attached hydrogen (secondary N) is 1. The number of thioether (sulfide) groups is 1. The molecule has 0 saturated carbocycles. The van der Waals surface area contributed by atoms with E-state index in [9.17, 15) is 14.9 Å². The van der Waals surface area contributed by atoms with Crippen molar-refractivity contribution < 1.29 is 14.1 Å². The zero-order valence-corrected chi connectivity index (χ0v) is 14.7. The van der Waals surface area contributed by atoms with Crippen molar-refractivity contribution in [3.05, 3.63) is 63.7 Å². The molecule has 8 nitrogen and oxygen atoms in total. The van der Waals surface area contributed by atoms with E-state index in [1.807, 2.05) is 30.5 Å². The topological polar surface area (TPSA) is 111 Å². The number of carbonyl (C=O) groups excluding carboxylic acids is 1. The third-order valence-corrected chi connectivity index (χ3v) is 4.47. The largest absolute Gasteiger partial charge is 0.403 e. The van der Waals surface area contributed by atoms with Crippen molar-refractivity contribution in [2.24, 2.45) is 0 Å². The summed E-state index contributed by atoms with van der Waals surface area (Å²) in [6, 6.07) is 11.7. The van der Waals surface area contributed by atoms with E-state index in [-0.39, 0.29) is 28.7 Å². The van der Waals surface area contributed by atoms with Crippen LogP contribution in [0.3, 0.4) is 0 Å². The fraction of sp³-hybridized carbons (Fsp3) is 0.118. The predicted molar refractivity (Wildman–Crippen MR) is 97.3 cm³/mol. The molecule has 1 N–H and O–H groups in total. The number of amides is 1. The van der Waals surface area contributed by atoms with Gasteiger partial charge in [0.15, 0.2) is 0 Å². The standard InChI is InChI=1S/C17H14N4O4S/c1-10-13(4-3-5-14(10)21(23)24)15(22)18-17-20-19-16(25-17)11-6-8-12(26-2)9-7-11/h3-9H,1-2H3,(H,18,20,22). The van der Waals surface area contributed by atoms with Crippen LogP contribution in [0.25, 0.3) is 11.5 Å². The molecule has 0 fully saturated rings. The van der Waals surface area contributed by atoms with Crippen molar-refractivity contribution in [3.63, 3.8) is 0 Å². The maximum absolute atomic E-state index is 12.4. The summed E-state index contributed by atoms with van der Waals surface area (Å²) in [6.07, 6.45) is 1.98. The summed E-state index contributed by atoms with van der Waals surface area (Å²) in [5.41, 5.74) is 1.03. The molecule has 2 aromatic carbocycles. The lowest BCUT2D eigenvalue weighted by Gasteiger charge is -2.04. The Labute approximate surface area is 152 Å². The monoisotopic (exact) mass is 370 g/mol. The zero-order valence-electron chi connectivity index (χ0n) is 13.9. The fourth-order valence-electron chi connectivity index (χ4n) is 2.36. The average Bonchev–Trinajstić information content (AvgIpc) is 3.10. The summed E-state index contributed by atoms with van der Waals surface area (Å²) >= 11 is 1.62. The van der Waals surface area contributed by atoms with Gasteiger partial charge in [0.1, 0.15) is 0 Å². The summed E-state index contributed by atoms with van der Waals surface area (Å²) in [5, 5.41) is 21.2. The molecular formula is C17H14N4O4S. The lowest BCUT2D eigenvalue weighted by Crippen LogP contribution is -2.14. The molecule has 1 heterocycles. The molecule has 0 atom stereocenters. The summed E-state index contributed by atoms with van der Waals surface area (Å²) in [6.45, 7) is 1.51. The van der Waals surface area contributed by atoms with Gasteiger partial charge in [0, 0.05) is 27.7 Å². The van der Waals surface area contributed by atoms with Gasteiger partial charge in [-0.15, -0.1) is 16.9 Å². The molecule has 3 rings (SSSR count). The summed E-state index contributed by atoms with van der Waals surface area (Å²) in [7, 11) is 0. The smallest absolute Gasteiger partial charge is 0.322 e. The molecule has 0 aliphatic carbocycles. The van der Waals surface area contributed by atoms with Crippen molar-refractivity contribution in [1.29, 1.82) is 0 Å². The Morgan fingerprint density at radius 2 is 1.92 bits per heavy atom. The third-order valence-electron chi connectivity index (χ3n) is 3.73. The Morgan fingerprint density at radius 3 is 2.58 bits per heavy atom. The first-order valence-electron chi connectivity index (χ1n) is 7.53. The second-order valence-electron chi connectivity index (χ2n) is 5.30. The van der Waals surface area contributed by atoms with Gasteiger partial charge in [-0.05, 0) is 43.5 Å². The minimum Gasteiger partial charge on any atom is -0.403 e. The second kappa shape index (κ2) is 7.36. The lowest BCUT2D eigenvalue weighted by molar-refractivity contribution is -0.385. The van der Waals surface area contributed by atoms with Gasteiger partial charge in [0.25, 0.3) is 11.6 Å². The normalized spacial score (nSPS) is 10.5. The van der Waals surface area contributed by atoms with Gasteiger partial charge in [-0.3, -0.25) is 20.2 Å². The van der Waals surface area contributed by atoms with Gasteiger partial charge in [-0.2, -0.15) is 0 Å². The summed E-state index contributed by atoms with van der Waals surface area (Å²) in [4.78, 5) is 23.9. The van der Waals surface area contributed by atoms with Crippen LogP contribution in [0, 0.1) is 17.0 Å². The Hall–Kier alpha value is -3.20. The van der Waals surface area contributed by atoms with Crippen LogP contribution in [0.15, 0.2) is 51.8 Å². The van der Waals surface area contributed by atoms with Crippen LogP contribution < -0.4 is 5.32 Å². The van der Waals surface area contributed by atoms with Crippen LogP contribution in [0.5, 0.6) is 0 Å². The maximum atomic E-state index is 12.4. The van der Waals surface area contributed by atoms with Crippen LogP contribution in [0.4, 0.5) is 11.7 Å². The molecule has 0 radical (unpaired) electrons. The number of benzene rings is 2. The highest BCUT2D eigenvalue weighted by atomic mass is 32.2. The predicted octanol–water partition coefficient (Wildman–Crippen LogP) is 3.93. The van der Waals surface area contributed by atoms with Crippen LogP contribution in [-0.4, -0.2) is 27.3 Å². The molecule has 3 aromatic rings. The summed E-state index contributed by atoms with van der Waals surface area (Å²) in [5.74, 6) is -0.289. The minimum absolute atomic E-state index is 0.0788. The SMILES string of the molecule is CSc1ccc(-c2nnc(NC(=O)c3cccc([N+](=O)[O-])c3C)o2)cc1. The Kier molecular flexibility index (Phi) is 4.99. The first kappa shape index (κ1) is 17.6. The number of nitro benzene ring substituents is 1. The Morgan fingerprint density at radius 1 is 1.19 bits per heavy atom. The van der Waals surface area contributed by atoms with Crippen molar-refractivity contribution >= 4 is 29.4 Å². The van der Waals surface area contributed by atoms with Crippen LogP contribution in [0.1, 0.15) is 15.9 Å².